The van der Waals surface area contributed by atoms with Crippen LogP contribution in [0.25, 0.3) is 0 Å². The highest BCUT2D eigenvalue weighted by Gasteiger charge is 2.27. The van der Waals surface area contributed by atoms with Gasteiger partial charge in [-0.1, -0.05) is 18.2 Å². The molecule has 1 aromatic rings. The Hall–Kier alpha value is -2.64. The highest BCUT2D eigenvalue weighted by atomic mass is 16.6. The maximum Gasteiger partial charge on any atom is 0.315 e. The summed E-state index contributed by atoms with van der Waals surface area (Å²) in [5.74, 6) is -1.03. The molecule has 0 bridgehead atoms. The summed E-state index contributed by atoms with van der Waals surface area (Å²) in [7, 11) is 0. The van der Waals surface area contributed by atoms with Crippen LogP contribution in [0.2, 0.25) is 0 Å². The van der Waals surface area contributed by atoms with Gasteiger partial charge in [0.25, 0.3) is 5.69 Å². The van der Waals surface area contributed by atoms with Gasteiger partial charge in [0.05, 0.1) is 16.9 Å². The van der Waals surface area contributed by atoms with E-state index in [1.54, 1.807) is 12.1 Å². The van der Waals surface area contributed by atoms with Crippen LogP contribution in [0.15, 0.2) is 24.3 Å². The number of rotatable bonds is 6. The van der Waals surface area contributed by atoms with Crippen LogP contribution in [-0.4, -0.2) is 28.6 Å². The maximum atomic E-state index is 11.6. The van der Waals surface area contributed by atoms with Crippen molar-refractivity contribution in [3.05, 3.63) is 39.9 Å². The fourth-order valence-electron chi connectivity index (χ4n) is 1.45. The Labute approximate surface area is 121 Å². The van der Waals surface area contributed by atoms with E-state index in [0.717, 1.165) is 0 Å². The third-order valence-electron chi connectivity index (χ3n) is 2.90. The van der Waals surface area contributed by atoms with E-state index in [1.807, 2.05) is 0 Å². The van der Waals surface area contributed by atoms with Crippen LogP contribution < -0.4 is 10.6 Å². The first-order valence-corrected chi connectivity index (χ1v) is 6.21. The Bertz CT molecular complexity index is 556. The van der Waals surface area contributed by atoms with Gasteiger partial charge >= 0.3 is 12.0 Å². The molecule has 1 rings (SSSR count). The van der Waals surface area contributed by atoms with Gasteiger partial charge in [-0.3, -0.25) is 14.9 Å². The zero-order chi connectivity index (χ0) is 16.0. The second-order valence-electron chi connectivity index (χ2n) is 5.11. The Morgan fingerprint density at radius 1 is 1.29 bits per heavy atom. The van der Waals surface area contributed by atoms with Crippen molar-refractivity contribution >= 4 is 17.7 Å². The molecule has 0 saturated heterocycles. The molecule has 0 atom stereocenters. The molecular formula is C13H17N3O5. The van der Waals surface area contributed by atoms with Crippen LogP contribution in [0.3, 0.4) is 0 Å². The lowest BCUT2D eigenvalue weighted by Gasteiger charge is -2.19. The molecule has 8 heteroatoms. The molecule has 0 aliphatic rings. The number of nitrogens with zero attached hydrogens (tertiary/aromatic N) is 1. The Kier molecular flexibility index (Phi) is 5.23. The molecule has 8 nitrogen and oxygen atoms in total. The minimum absolute atomic E-state index is 0.0174. The first-order valence-electron chi connectivity index (χ1n) is 6.21. The molecule has 2 amide bonds. The number of hydrogen-bond acceptors (Lipinski definition) is 4. The van der Waals surface area contributed by atoms with Crippen LogP contribution in [0.1, 0.15) is 19.4 Å². The van der Waals surface area contributed by atoms with Crippen LogP contribution >= 0.6 is 0 Å². The first-order chi connectivity index (χ1) is 9.74. The average Bonchev–Trinajstić information content (AvgIpc) is 2.43. The molecular weight excluding hydrogens is 278 g/mol. The van der Waals surface area contributed by atoms with Crippen molar-refractivity contribution in [2.75, 3.05) is 6.54 Å². The van der Waals surface area contributed by atoms with E-state index in [9.17, 15) is 19.7 Å². The van der Waals surface area contributed by atoms with Gasteiger partial charge in [-0.2, -0.15) is 0 Å². The summed E-state index contributed by atoms with van der Waals surface area (Å²) < 4.78 is 0. The van der Waals surface area contributed by atoms with Gasteiger partial charge in [0.15, 0.2) is 0 Å². The number of carboxylic acids is 1. The van der Waals surface area contributed by atoms with E-state index in [4.69, 9.17) is 5.11 Å². The van der Waals surface area contributed by atoms with Crippen LogP contribution in [0.5, 0.6) is 0 Å². The number of nitrogens with one attached hydrogen (secondary N) is 2. The maximum absolute atomic E-state index is 11.6. The van der Waals surface area contributed by atoms with Crippen molar-refractivity contribution in [1.82, 2.24) is 10.6 Å². The Morgan fingerprint density at radius 3 is 2.48 bits per heavy atom. The minimum Gasteiger partial charge on any atom is -0.481 e. The number of carboxylic acid groups (broad SMARTS) is 1. The number of nitro benzene ring substituents is 1. The molecule has 0 fully saturated rings. The number of benzene rings is 1. The summed E-state index contributed by atoms with van der Waals surface area (Å²) in [5, 5.41) is 24.6. The average molecular weight is 295 g/mol. The number of urea groups is 1. The molecule has 0 aliphatic heterocycles. The summed E-state index contributed by atoms with van der Waals surface area (Å²) in [6.07, 6.45) is 0. The predicted octanol–water partition coefficient (Wildman–Crippen LogP) is 1.50. The number of nitro groups is 1. The number of aliphatic carboxylic acids is 1. The van der Waals surface area contributed by atoms with E-state index >= 15 is 0 Å². The predicted molar refractivity (Wildman–Crippen MR) is 74.8 cm³/mol. The summed E-state index contributed by atoms with van der Waals surface area (Å²) in [6.45, 7) is 2.90. The van der Waals surface area contributed by atoms with E-state index in [0.29, 0.717) is 5.56 Å². The third kappa shape index (κ3) is 4.75. The molecule has 21 heavy (non-hydrogen) atoms. The van der Waals surface area contributed by atoms with Crippen LogP contribution in [0.4, 0.5) is 10.5 Å². The van der Waals surface area contributed by atoms with Crippen molar-refractivity contribution in [2.45, 2.75) is 20.4 Å². The molecule has 1 aromatic carbocycles. The molecule has 0 saturated carbocycles. The lowest BCUT2D eigenvalue weighted by atomic mass is 9.94. The SMILES string of the molecule is CC(C)(CNC(=O)NCc1ccccc1[N+](=O)[O-])C(=O)O. The van der Waals surface area contributed by atoms with E-state index < -0.39 is 22.3 Å². The van der Waals surface area contributed by atoms with E-state index in [-0.39, 0.29) is 18.8 Å². The number of carbonyl (C=O) groups excluding carboxylic acids is 1. The quantitative estimate of drug-likeness (QED) is 0.542. The van der Waals surface area contributed by atoms with Crippen molar-refractivity contribution in [1.29, 1.82) is 0 Å². The molecule has 0 unspecified atom stereocenters. The van der Waals surface area contributed by atoms with Crippen LogP contribution in [0, 0.1) is 15.5 Å². The van der Waals surface area contributed by atoms with Gasteiger partial charge in [-0.15, -0.1) is 0 Å². The second-order valence-corrected chi connectivity index (χ2v) is 5.11. The third-order valence-corrected chi connectivity index (χ3v) is 2.90. The molecule has 0 heterocycles. The minimum atomic E-state index is -1.09. The summed E-state index contributed by atoms with van der Waals surface area (Å²) >= 11 is 0. The monoisotopic (exact) mass is 295 g/mol. The number of hydrogen-bond donors (Lipinski definition) is 3. The molecule has 0 aromatic heterocycles. The summed E-state index contributed by atoms with van der Waals surface area (Å²) in [4.78, 5) is 32.8. The Balaban J connectivity index is 2.55. The highest BCUT2D eigenvalue weighted by molar-refractivity contribution is 5.77. The van der Waals surface area contributed by atoms with Crippen molar-refractivity contribution in [3.8, 4) is 0 Å². The zero-order valence-corrected chi connectivity index (χ0v) is 11.8. The summed E-state index contributed by atoms with van der Waals surface area (Å²) in [5.41, 5.74) is -0.797. The number of carbonyl (C=O) groups is 2. The van der Waals surface area contributed by atoms with Crippen molar-refractivity contribution in [3.63, 3.8) is 0 Å². The molecule has 0 radical (unpaired) electrons. The van der Waals surface area contributed by atoms with E-state index in [2.05, 4.69) is 10.6 Å². The Morgan fingerprint density at radius 2 is 1.90 bits per heavy atom. The van der Waals surface area contributed by atoms with E-state index in [1.165, 1.54) is 26.0 Å². The van der Waals surface area contributed by atoms with Gasteiger partial charge in [0.1, 0.15) is 0 Å². The van der Waals surface area contributed by atoms with Gasteiger partial charge < -0.3 is 15.7 Å². The van der Waals surface area contributed by atoms with Crippen molar-refractivity contribution in [2.24, 2.45) is 5.41 Å². The van der Waals surface area contributed by atoms with Gasteiger partial charge in [0, 0.05) is 18.2 Å². The highest BCUT2D eigenvalue weighted by Crippen LogP contribution is 2.17. The topological polar surface area (TPSA) is 122 Å². The van der Waals surface area contributed by atoms with Gasteiger partial charge in [-0.05, 0) is 13.8 Å². The lowest BCUT2D eigenvalue weighted by molar-refractivity contribution is -0.385. The molecule has 3 N–H and O–H groups in total. The van der Waals surface area contributed by atoms with Gasteiger partial charge in [0.2, 0.25) is 0 Å². The summed E-state index contributed by atoms with van der Waals surface area (Å²) in [6, 6.07) is 5.48. The standard InChI is InChI=1S/C13H17N3O5/c1-13(2,11(17)18)8-15-12(19)14-7-9-5-3-4-6-10(9)16(20)21/h3-6H,7-8H2,1-2H3,(H,17,18)(H2,14,15,19). The smallest absolute Gasteiger partial charge is 0.315 e. The molecule has 0 aliphatic carbocycles. The zero-order valence-electron chi connectivity index (χ0n) is 11.8. The second kappa shape index (κ2) is 6.69. The van der Waals surface area contributed by atoms with Gasteiger partial charge in [-0.25, -0.2) is 4.79 Å². The fraction of sp³-hybridized carbons (Fsp3) is 0.385. The normalized spacial score (nSPS) is 10.8. The molecule has 114 valence electrons. The van der Waals surface area contributed by atoms with Crippen molar-refractivity contribution < 1.29 is 19.6 Å². The fourth-order valence-corrected chi connectivity index (χ4v) is 1.45. The largest absolute Gasteiger partial charge is 0.481 e. The first kappa shape index (κ1) is 16.4. The number of amides is 2. The van der Waals surface area contributed by atoms with Crippen LogP contribution in [-0.2, 0) is 11.3 Å². The molecule has 0 spiro atoms. The lowest BCUT2D eigenvalue weighted by Crippen LogP contribution is -2.43. The number of para-hydroxylation sites is 1.